The van der Waals surface area contributed by atoms with Crippen LogP contribution < -0.4 is 4.90 Å². The zero-order valence-electron chi connectivity index (χ0n) is 13.1. The molecule has 1 saturated heterocycles. The number of anilines is 1. The molecule has 0 saturated carbocycles. The molecule has 2 heterocycles. The number of benzene rings is 1. The maximum Gasteiger partial charge on any atom is 0.0639 e. The van der Waals surface area contributed by atoms with Gasteiger partial charge in [0.2, 0.25) is 0 Å². The number of hydrogen-bond donors (Lipinski definition) is 0. The van der Waals surface area contributed by atoms with E-state index in [1.165, 1.54) is 34.8 Å². The molecule has 0 N–H and O–H groups in total. The van der Waals surface area contributed by atoms with Crippen LogP contribution in [0.15, 0.2) is 36.4 Å². The molecule has 0 spiro atoms. The first-order valence-electron chi connectivity index (χ1n) is 7.99. The average molecular weight is 335 g/mol. The molecule has 4 heteroatoms. The van der Waals surface area contributed by atoms with Crippen LogP contribution in [0.4, 0.5) is 5.69 Å². The molecule has 118 valence electrons. The van der Waals surface area contributed by atoms with Gasteiger partial charge in [0.1, 0.15) is 0 Å². The normalized spacial score (nSPS) is 16.2. The summed E-state index contributed by atoms with van der Waals surface area (Å²) in [5.41, 5.74) is 1.18. The summed E-state index contributed by atoms with van der Waals surface area (Å²) in [6.07, 6.45) is 2.47. The molecule has 0 radical (unpaired) electrons. The van der Waals surface area contributed by atoms with Gasteiger partial charge in [-0.3, -0.25) is 4.90 Å². The standard InChI is InChI=1S/C18H23ClN2S/c1-15-8-9-16(22-15)5-4-10-20-11-13-21(14-12-20)18-7-3-2-6-17(18)19/h2-3,6-9H,4-5,10-14H2,1H3. The fraction of sp³-hybridized carbons (Fsp3) is 0.444. The van der Waals surface area contributed by atoms with E-state index in [4.69, 9.17) is 11.6 Å². The van der Waals surface area contributed by atoms with Crippen molar-refractivity contribution in [2.45, 2.75) is 19.8 Å². The Kier molecular flexibility index (Phi) is 5.40. The molecular formula is C18H23ClN2S. The summed E-state index contributed by atoms with van der Waals surface area (Å²) in [5, 5.41) is 0.865. The molecule has 3 rings (SSSR count). The van der Waals surface area contributed by atoms with Gasteiger partial charge in [-0.2, -0.15) is 0 Å². The smallest absolute Gasteiger partial charge is 0.0639 e. The number of nitrogens with zero attached hydrogens (tertiary/aromatic N) is 2. The highest BCUT2D eigenvalue weighted by Gasteiger charge is 2.18. The van der Waals surface area contributed by atoms with Crippen LogP contribution in [-0.4, -0.2) is 37.6 Å². The van der Waals surface area contributed by atoms with E-state index in [2.05, 4.69) is 41.0 Å². The third kappa shape index (κ3) is 4.03. The van der Waals surface area contributed by atoms with Crippen molar-refractivity contribution < 1.29 is 0 Å². The number of thiophene rings is 1. The van der Waals surface area contributed by atoms with E-state index in [9.17, 15) is 0 Å². The van der Waals surface area contributed by atoms with Gasteiger partial charge in [0.25, 0.3) is 0 Å². The molecule has 22 heavy (non-hydrogen) atoms. The van der Waals surface area contributed by atoms with Crippen molar-refractivity contribution in [2.75, 3.05) is 37.6 Å². The number of hydrogen-bond acceptors (Lipinski definition) is 3. The van der Waals surface area contributed by atoms with Crippen LogP contribution in [0.2, 0.25) is 5.02 Å². The molecule has 2 nitrogen and oxygen atoms in total. The van der Waals surface area contributed by atoms with E-state index in [1.54, 1.807) is 0 Å². The Balaban J connectivity index is 1.43. The maximum absolute atomic E-state index is 6.29. The van der Waals surface area contributed by atoms with E-state index in [1.807, 2.05) is 23.5 Å². The van der Waals surface area contributed by atoms with E-state index >= 15 is 0 Å². The van der Waals surface area contributed by atoms with Crippen molar-refractivity contribution >= 4 is 28.6 Å². The monoisotopic (exact) mass is 334 g/mol. The number of aryl methyl sites for hydroxylation is 2. The minimum atomic E-state index is 0.865. The molecule has 0 atom stereocenters. The average Bonchev–Trinajstić information content (AvgIpc) is 2.94. The molecule has 0 unspecified atom stereocenters. The lowest BCUT2D eigenvalue weighted by molar-refractivity contribution is 0.255. The van der Waals surface area contributed by atoms with Crippen LogP contribution in [0.25, 0.3) is 0 Å². The number of halogens is 1. The number of para-hydroxylation sites is 1. The minimum absolute atomic E-state index is 0.865. The summed E-state index contributed by atoms with van der Waals surface area (Å²) in [5.74, 6) is 0. The first-order chi connectivity index (χ1) is 10.7. The van der Waals surface area contributed by atoms with Crippen molar-refractivity contribution in [3.05, 3.63) is 51.2 Å². The SMILES string of the molecule is Cc1ccc(CCCN2CCN(c3ccccc3Cl)CC2)s1. The molecular weight excluding hydrogens is 312 g/mol. The van der Waals surface area contributed by atoms with Gasteiger partial charge in [-0.1, -0.05) is 23.7 Å². The predicted molar refractivity (Wildman–Crippen MR) is 97.5 cm³/mol. The quantitative estimate of drug-likeness (QED) is 0.796. The van der Waals surface area contributed by atoms with Gasteiger partial charge in [-0.25, -0.2) is 0 Å². The Morgan fingerprint density at radius 3 is 2.50 bits per heavy atom. The van der Waals surface area contributed by atoms with E-state index in [0.29, 0.717) is 0 Å². The first kappa shape index (κ1) is 15.9. The van der Waals surface area contributed by atoms with E-state index < -0.39 is 0 Å². The van der Waals surface area contributed by atoms with Crippen LogP contribution in [0.5, 0.6) is 0 Å². The molecule has 1 aliphatic heterocycles. The van der Waals surface area contributed by atoms with E-state index in [-0.39, 0.29) is 0 Å². The molecule has 1 fully saturated rings. The molecule has 1 aromatic carbocycles. The summed E-state index contributed by atoms with van der Waals surface area (Å²) in [4.78, 5) is 7.92. The van der Waals surface area contributed by atoms with Crippen LogP contribution >= 0.6 is 22.9 Å². The largest absolute Gasteiger partial charge is 0.368 e. The predicted octanol–water partition coefficient (Wildman–Crippen LogP) is 4.46. The van der Waals surface area contributed by atoms with Crippen LogP contribution in [0.3, 0.4) is 0 Å². The molecule has 1 aromatic heterocycles. The lowest BCUT2D eigenvalue weighted by Gasteiger charge is -2.36. The van der Waals surface area contributed by atoms with Gasteiger partial charge in [0, 0.05) is 35.9 Å². The van der Waals surface area contributed by atoms with E-state index in [0.717, 1.165) is 31.2 Å². The summed E-state index contributed by atoms with van der Waals surface area (Å²) in [6, 6.07) is 12.7. The highest BCUT2D eigenvalue weighted by molar-refractivity contribution is 7.11. The molecule has 0 amide bonds. The molecule has 1 aliphatic rings. The number of piperazine rings is 1. The maximum atomic E-state index is 6.29. The topological polar surface area (TPSA) is 6.48 Å². The minimum Gasteiger partial charge on any atom is -0.368 e. The fourth-order valence-corrected chi connectivity index (χ4v) is 4.20. The van der Waals surface area contributed by atoms with Crippen molar-refractivity contribution in [2.24, 2.45) is 0 Å². The summed E-state index contributed by atoms with van der Waals surface area (Å²) >= 11 is 8.23. The summed E-state index contributed by atoms with van der Waals surface area (Å²) in [6.45, 7) is 7.79. The third-order valence-corrected chi connectivity index (χ3v) is 5.64. The Morgan fingerprint density at radius 1 is 1.05 bits per heavy atom. The molecule has 0 bridgehead atoms. The second-order valence-corrected chi connectivity index (χ2v) is 7.68. The lowest BCUT2D eigenvalue weighted by atomic mass is 10.2. The van der Waals surface area contributed by atoms with Crippen LogP contribution in [0.1, 0.15) is 16.2 Å². The molecule has 2 aromatic rings. The van der Waals surface area contributed by atoms with Crippen molar-refractivity contribution in [1.82, 2.24) is 4.90 Å². The van der Waals surface area contributed by atoms with Crippen molar-refractivity contribution in [3.8, 4) is 0 Å². The van der Waals surface area contributed by atoms with Gasteiger partial charge in [0.05, 0.1) is 10.7 Å². The van der Waals surface area contributed by atoms with Gasteiger partial charge in [-0.05, 0) is 50.6 Å². The van der Waals surface area contributed by atoms with Crippen LogP contribution in [-0.2, 0) is 6.42 Å². The third-order valence-electron chi connectivity index (χ3n) is 4.26. The second-order valence-electron chi connectivity index (χ2n) is 5.90. The fourth-order valence-electron chi connectivity index (χ4n) is 3.02. The molecule has 0 aliphatic carbocycles. The Bertz CT molecular complexity index is 603. The first-order valence-corrected chi connectivity index (χ1v) is 9.19. The number of rotatable bonds is 5. The Hall–Kier alpha value is -1.03. The highest BCUT2D eigenvalue weighted by Crippen LogP contribution is 2.26. The van der Waals surface area contributed by atoms with Gasteiger partial charge >= 0.3 is 0 Å². The van der Waals surface area contributed by atoms with Crippen LogP contribution in [0, 0.1) is 6.92 Å². The zero-order chi connectivity index (χ0) is 15.4. The second kappa shape index (κ2) is 7.49. The van der Waals surface area contributed by atoms with Gasteiger partial charge in [0.15, 0.2) is 0 Å². The van der Waals surface area contributed by atoms with Gasteiger partial charge < -0.3 is 4.90 Å². The van der Waals surface area contributed by atoms with Crippen molar-refractivity contribution in [3.63, 3.8) is 0 Å². The highest BCUT2D eigenvalue weighted by atomic mass is 35.5. The summed E-state index contributed by atoms with van der Waals surface area (Å²) < 4.78 is 0. The van der Waals surface area contributed by atoms with Crippen molar-refractivity contribution in [1.29, 1.82) is 0 Å². The Morgan fingerprint density at radius 2 is 1.82 bits per heavy atom. The summed E-state index contributed by atoms with van der Waals surface area (Å²) in [7, 11) is 0. The zero-order valence-corrected chi connectivity index (χ0v) is 14.7. The Labute approximate surface area is 142 Å². The van der Waals surface area contributed by atoms with Gasteiger partial charge in [-0.15, -0.1) is 11.3 Å². The lowest BCUT2D eigenvalue weighted by Crippen LogP contribution is -2.46.